The van der Waals surface area contributed by atoms with Crippen LogP contribution in [-0.2, 0) is 17.6 Å². The van der Waals surface area contributed by atoms with Crippen LogP contribution in [0.3, 0.4) is 0 Å². The average Bonchev–Trinajstić information content (AvgIpc) is 3.06. The van der Waals surface area contributed by atoms with E-state index in [2.05, 4.69) is 26.6 Å². The van der Waals surface area contributed by atoms with Crippen LogP contribution >= 0.6 is 0 Å². The van der Waals surface area contributed by atoms with Crippen molar-refractivity contribution in [2.75, 3.05) is 11.9 Å². The Labute approximate surface area is 110 Å². The van der Waals surface area contributed by atoms with Gasteiger partial charge in [-0.1, -0.05) is 12.1 Å². The van der Waals surface area contributed by atoms with E-state index in [9.17, 15) is 4.79 Å². The van der Waals surface area contributed by atoms with E-state index < -0.39 is 0 Å². The molecule has 0 unspecified atom stereocenters. The predicted molar refractivity (Wildman–Crippen MR) is 69.0 cm³/mol. The molecule has 3 rings (SSSR count). The first-order valence-electron chi connectivity index (χ1n) is 6.21. The Hall–Kier alpha value is -2.37. The van der Waals surface area contributed by atoms with Crippen LogP contribution in [0, 0.1) is 0 Å². The van der Waals surface area contributed by atoms with Crippen molar-refractivity contribution in [3.63, 3.8) is 0 Å². The normalized spacial score (nSPS) is 12.8. The van der Waals surface area contributed by atoms with Crippen molar-refractivity contribution in [2.45, 2.75) is 19.3 Å². The molecule has 1 amide bonds. The van der Waals surface area contributed by atoms with Gasteiger partial charge in [-0.3, -0.25) is 10.1 Å². The molecule has 0 saturated heterocycles. The maximum atomic E-state index is 11.7. The summed E-state index contributed by atoms with van der Waals surface area (Å²) < 4.78 is 5.45. The lowest BCUT2D eigenvalue weighted by Gasteiger charge is -2.04. The lowest BCUT2D eigenvalue weighted by Crippen LogP contribution is -2.13. The molecule has 1 aliphatic rings. The molecule has 6 heteroatoms. The standard InChI is InChI=1S/C13H14N4O2/c18-12(16-13-14-8-15-17-13)4-2-9-1-3-11-10(7-9)5-6-19-11/h1,3,7-8H,2,4-6H2,(H2,14,15,16,17,18). The zero-order valence-electron chi connectivity index (χ0n) is 10.3. The minimum atomic E-state index is -0.0755. The number of nitrogens with zero attached hydrogens (tertiary/aromatic N) is 2. The first-order valence-corrected chi connectivity index (χ1v) is 6.21. The molecule has 2 aromatic rings. The van der Waals surface area contributed by atoms with E-state index in [1.54, 1.807) is 0 Å². The Balaban J connectivity index is 1.56. The predicted octanol–water partition coefficient (Wildman–Crippen LogP) is 1.31. The van der Waals surface area contributed by atoms with Crippen LogP contribution in [0.15, 0.2) is 24.5 Å². The summed E-state index contributed by atoms with van der Waals surface area (Å²) >= 11 is 0. The molecular formula is C13H14N4O2. The van der Waals surface area contributed by atoms with Crippen molar-refractivity contribution in [2.24, 2.45) is 0 Å². The van der Waals surface area contributed by atoms with E-state index >= 15 is 0 Å². The average molecular weight is 258 g/mol. The first kappa shape index (κ1) is 11.7. The molecule has 6 nitrogen and oxygen atoms in total. The zero-order valence-corrected chi connectivity index (χ0v) is 10.3. The van der Waals surface area contributed by atoms with Crippen LogP contribution in [0.1, 0.15) is 17.5 Å². The summed E-state index contributed by atoms with van der Waals surface area (Å²) in [7, 11) is 0. The van der Waals surface area contributed by atoms with E-state index in [-0.39, 0.29) is 5.91 Å². The van der Waals surface area contributed by atoms with Gasteiger partial charge in [-0.15, -0.1) is 0 Å². The molecule has 0 saturated carbocycles. The summed E-state index contributed by atoms with van der Waals surface area (Å²) in [5.41, 5.74) is 2.38. The highest BCUT2D eigenvalue weighted by molar-refractivity contribution is 5.88. The lowest BCUT2D eigenvalue weighted by molar-refractivity contribution is -0.116. The van der Waals surface area contributed by atoms with Crippen LogP contribution in [0.2, 0.25) is 0 Å². The van der Waals surface area contributed by atoms with Gasteiger partial charge in [0, 0.05) is 12.8 Å². The van der Waals surface area contributed by atoms with E-state index in [1.165, 1.54) is 11.9 Å². The molecule has 0 fully saturated rings. The van der Waals surface area contributed by atoms with Gasteiger partial charge in [0.05, 0.1) is 6.61 Å². The van der Waals surface area contributed by atoms with Gasteiger partial charge in [0.15, 0.2) is 0 Å². The van der Waals surface area contributed by atoms with Crippen molar-refractivity contribution < 1.29 is 9.53 Å². The molecule has 1 aromatic carbocycles. The van der Waals surface area contributed by atoms with Crippen molar-refractivity contribution in [1.29, 1.82) is 0 Å². The number of fused-ring (bicyclic) bond motifs is 1. The quantitative estimate of drug-likeness (QED) is 0.866. The second-order valence-electron chi connectivity index (χ2n) is 4.42. The molecule has 2 heterocycles. The van der Waals surface area contributed by atoms with Gasteiger partial charge in [0.1, 0.15) is 12.1 Å². The van der Waals surface area contributed by atoms with Crippen molar-refractivity contribution >= 4 is 11.9 Å². The number of benzene rings is 1. The molecule has 0 aliphatic carbocycles. The molecule has 0 spiro atoms. The molecule has 1 aliphatic heterocycles. The van der Waals surface area contributed by atoms with Crippen LogP contribution in [0.25, 0.3) is 0 Å². The summed E-state index contributed by atoms with van der Waals surface area (Å²) in [6.07, 6.45) is 3.43. The fourth-order valence-corrected chi connectivity index (χ4v) is 2.11. The highest BCUT2D eigenvalue weighted by atomic mass is 16.5. The third-order valence-corrected chi connectivity index (χ3v) is 3.07. The molecule has 1 aromatic heterocycles. The van der Waals surface area contributed by atoms with Crippen molar-refractivity contribution in [3.8, 4) is 5.75 Å². The molecule has 0 bridgehead atoms. The number of hydrogen-bond acceptors (Lipinski definition) is 4. The fraction of sp³-hybridized carbons (Fsp3) is 0.308. The lowest BCUT2D eigenvalue weighted by atomic mass is 10.0. The number of carbonyl (C=O) groups is 1. The summed E-state index contributed by atoms with van der Waals surface area (Å²) in [6.45, 7) is 0.755. The number of rotatable bonds is 4. The number of aromatic amines is 1. The van der Waals surface area contributed by atoms with Crippen LogP contribution < -0.4 is 10.1 Å². The monoisotopic (exact) mass is 258 g/mol. The van der Waals surface area contributed by atoms with Gasteiger partial charge in [0.25, 0.3) is 0 Å². The summed E-state index contributed by atoms with van der Waals surface area (Å²) in [5, 5.41) is 8.91. The third kappa shape index (κ3) is 2.73. The summed E-state index contributed by atoms with van der Waals surface area (Å²) in [6, 6.07) is 6.10. The molecule has 0 radical (unpaired) electrons. The van der Waals surface area contributed by atoms with Gasteiger partial charge < -0.3 is 4.74 Å². The largest absolute Gasteiger partial charge is 0.493 e. The van der Waals surface area contributed by atoms with Crippen LogP contribution in [0.5, 0.6) is 5.75 Å². The highest BCUT2D eigenvalue weighted by Gasteiger charge is 2.12. The first-order chi connectivity index (χ1) is 9.31. The number of aromatic nitrogens is 3. The smallest absolute Gasteiger partial charge is 0.227 e. The minimum absolute atomic E-state index is 0.0755. The molecule has 98 valence electrons. The maximum Gasteiger partial charge on any atom is 0.227 e. The molecule has 19 heavy (non-hydrogen) atoms. The molecular weight excluding hydrogens is 244 g/mol. The summed E-state index contributed by atoms with van der Waals surface area (Å²) in [4.78, 5) is 15.5. The second-order valence-corrected chi connectivity index (χ2v) is 4.42. The zero-order chi connectivity index (χ0) is 13.1. The van der Waals surface area contributed by atoms with Crippen molar-refractivity contribution in [3.05, 3.63) is 35.7 Å². The topological polar surface area (TPSA) is 79.9 Å². The highest BCUT2D eigenvalue weighted by Crippen LogP contribution is 2.26. The molecule has 2 N–H and O–H groups in total. The second kappa shape index (κ2) is 5.09. The molecule has 0 atom stereocenters. The van der Waals surface area contributed by atoms with Gasteiger partial charge in [-0.2, -0.15) is 10.1 Å². The summed E-state index contributed by atoms with van der Waals surface area (Å²) in [5.74, 6) is 1.27. The van der Waals surface area contributed by atoms with Crippen molar-refractivity contribution in [1.82, 2.24) is 15.2 Å². The maximum absolute atomic E-state index is 11.7. The number of nitrogens with one attached hydrogen (secondary N) is 2. The number of H-pyrrole nitrogens is 1. The number of carbonyl (C=O) groups excluding carboxylic acids is 1. The Morgan fingerprint density at radius 2 is 2.42 bits per heavy atom. The number of hydrogen-bond donors (Lipinski definition) is 2. The number of amides is 1. The van der Waals surface area contributed by atoms with E-state index in [0.29, 0.717) is 18.8 Å². The SMILES string of the molecule is O=C(CCc1ccc2c(c1)CCO2)Nc1ncn[nH]1. The minimum Gasteiger partial charge on any atom is -0.493 e. The fourth-order valence-electron chi connectivity index (χ4n) is 2.11. The van der Waals surface area contributed by atoms with E-state index in [1.807, 2.05) is 12.1 Å². The van der Waals surface area contributed by atoms with Crippen LogP contribution in [0.4, 0.5) is 5.95 Å². The van der Waals surface area contributed by atoms with Gasteiger partial charge >= 0.3 is 0 Å². The Morgan fingerprint density at radius 3 is 3.26 bits per heavy atom. The van der Waals surface area contributed by atoms with E-state index in [4.69, 9.17) is 4.74 Å². The number of anilines is 1. The Morgan fingerprint density at radius 1 is 1.47 bits per heavy atom. The van der Waals surface area contributed by atoms with E-state index in [0.717, 1.165) is 24.3 Å². The number of aryl methyl sites for hydroxylation is 1. The van der Waals surface area contributed by atoms with Gasteiger partial charge in [-0.25, -0.2) is 5.10 Å². The Kier molecular flexibility index (Phi) is 3.14. The Bertz CT molecular complexity index is 580. The van der Waals surface area contributed by atoms with Crippen LogP contribution in [-0.4, -0.2) is 27.7 Å². The van der Waals surface area contributed by atoms with Gasteiger partial charge in [-0.05, 0) is 23.6 Å². The van der Waals surface area contributed by atoms with Gasteiger partial charge in [0.2, 0.25) is 11.9 Å². The third-order valence-electron chi connectivity index (χ3n) is 3.07. The number of ether oxygens (including phenoxy) is 1.